The Balaban J connectivity index is 1.56. The molecular weight excluding hydrogens is 332 g/mol. The first-order valence-corrected chi connectivity index (χ1v) is 9.27. The van der Waals surface area contributed by atoms with Crippen molar-refractivity contribution in [3.8, 4) is 0 Å². The fourth-order valence-corrected chi connectivity index (χ4v) is 3.29. The van der Waals surface area contributed by atoms with Gasteiger partial charge in [0.1, 0.15) is 0 Å². The summed E-state index contributed by atoms with van der Waals surface area (Å²) in [5.74, 6) is 1.26. The molecule has 0 saturated carbocycles. The monoisotopic (exact) mass is 352 g/mol. The minimum absolute atomic E-state index is 0.0157. The number of benzene rings is 2. The summed E-state index contributed by atoms with van der Waals surface area (Å²) in [4.78, 5) is 14.0. The van der Waals surface area contributed by atoms with Crippen molar-refractivity contribution >= 4 is 17.7 Å². The van der Waals surface area contributed by atoms with E-state index in [0.29, 0.717) is 12.3 Å². The van der Waals surface area contributed by atoms with Crippen LogP contribution < -0.4 is 5.32 Å². The second kappa shape index (κ2) is 9.03. The summed E-state index contributed by atoms with van der Waals surface area (Å²) >= 11 is 1.61. The Morgan fingerprint density at radius 1 is 1.00 bits per heavy atom. The zero-order chi connectivity index (χ0) is 17.3. The Labute approximate surface area is 151 Å². The second-order valence-corrected chi connectivity index (χ2v) is 6.58. The summed E-state index contributed by atoms with van der Waals surface area (Å²) in [5, 5.41) is 11.4. The van der Waals surface area contributed by atoms with Gasteiger partial charge in [-0.3, -0.25) is 4.79 Å². The zero-order valence-electron chi connectivity index (χ0n) is 13.8. The van der Waals surface area contributed by atoms with Gasteiger partial charge in [0.15, 0.2) is 0 Å². The third-order valence-electron chi connectivity index (χ3n) is 3.69. The van der Waals surface area contributed by atoms with Crippen LogP contribution in [0.4, 0.5) is 0 Å². The van der Waals surface area contributed by atoms with Crippen LogP contribution in [0.2, 0.25) is 0 Å². The maximum Gasteiger partial charge on any atom is 0.230 e. The summed E-state index contributed by atoms with van der Waals surface area (Å²) in [5.41, 5.74) is 2.27. The molecule has 128 valence electrons. The molecule has 1 amide bonds. The summed E-state index contributed by atoms with van der Waals surface area (Å²) in [6, 6.07) is 19.9. The molecule has 3 aromatic rings. The molecule has 25 heavy (non-hydrogen) atoms. The van der Waals surface area contributed by atoms with Gasteiger partial charge in [-0.1, -0.05) is 60.7 Å². The van der Waals surface area contributed by atoms with Gasteiger partial charge < -0.3 is 5.32 Å². The van der Waals surface area contributed by atoms with E-state index in [9.17, 15) is 4.79 Å². The number of hydrogen-bond donors (Lipinski definition) is 1. The van der Waals surface area contributed by atoms with Crippen molar-refractivity contribution < 1.29 is 4.79 Å². The molecule has 0 aliphatic heterocycles. The van der Waals surface area contributed by atoms with Crippen molar-refractivity contribution in [2.24, 2.45) is 0 Å². The summed E-state index contributed by atoms with van der Waals surface area (Å²) in [6.45, 7) is 0.506. The molecule has 2 aromatic carbocycles. The number of thioether (sulfide) groups is 1. The van der Waals surface area contributed by atoms with Crippen LogP contribution in [0.15, 0.2) is 73.1 Å². The second-order valence-electron chi connectivity index (χ2n) is 5.59. The predicted molar refractivity (Wildman–Crippen MR) is 100.0 cm³/mol. The summed E-state index contributed by atoms with van der Waals surface area (Å²) < 4.78 is 0. The van der Waals surface area contributed by atoms with Gasteiger partial charge in [0, 0.05) is 5.75 Å². The van der Waals surface area contributed by atoms with Gasteiger partial charge in [0.05, 0.1) is 30.7 Å². The van der Waals surface area contributed by atoms with E-state index in [1.54, 1.807) is 29.0 Å². The van der Waals surface area contributed by atoms with Crippen LogP contribution >= 0.6 is 11.8 Å². The van der Waals surface area contributed by atoms with Crippen LogP contribution in [0, 0.1) is 0 Å². The lowest BCUT2D eigenvalue weighted by Crippen LogP contribution is -2.33. The average molecular weight is 352 g/mol. The average Bonchev–Trinajstić information content (AvgIpc) is 3.16. The van der Waals surface area contributed by atoms with Crippen molar-refractivity contribution in [2.75, 3.05) is 5.75 Å². The van der Waals surface area contributed by atoms with E-state index in [0.717, 1.165) is 11.3 Å². The fraction of sp³-hybridized carbons (Fsp3) is 0.211. The lowest BCUT2D eigenvalue weighted by molar-refractivity contribution is -0.119. The van der Waals surface area contributed by atoms with Crippen molar-refractivity contribution in [1.82, 2.24) is 20.3 Å². The first-order valence-electron chi connectivity index (χ1n) is 8.11. The molecule has 0 aliphatic carbocycles. The van der Waals surface area contributed by atoms with Gasteiger partial charge in [-0.05, 0) is 11.1 Å². The maximum atomic E-state index is 12.4. The molecule has 5 nitrogen and oxygen atoms in total. The number of rotatable bonds is 8. The van der Waals surface area contributed by atoms with Gasteiger partial charge in [-0.2, -0.15) is 15.0 Å². The van der Waals surface area contributed by atoms with Crippen LogP contribution in [0.1, 0.15) is 17.2 Å². The number of carbonyl (C=O) groups is 1. The van der Waals surface area contributed by atoms with E-state index in [4.69, 9.17) is 0 Å². The standard InChI is InChI=1S/C19H20N4OS/c24-19(15-25-14-16-7-3-1-4-8-16)22-18(13-23-20-11-12-21-23)17-9-5-2-6-10-17/h1-12,18H,13-15H2,(H,22,24). The largest absolute Gasteiger partial charge is 0.347 e. The molecule has 0 saturated heterocycles. The molecule has 0 fully saturated rings. The Kier molecular flexibility index (Phi) is 6.23. The van der Waals surface area contributed by atoms with Gasteiger partial charge in [0.25, 0.3) is 0 Å². The van der Waals surface area contributed by atoms with Gasteiger partial charge in [-0.15, -0.1) is 11.8 Å². The van der Waals surface area contributed by atoms with Crippen LogP contribution in [0.3, 0.4) is 0 Å². The Morgan fingerprint density at radius 3 is 2.32 bits per heavy atom. The van der Waals surface area contributed by atoms with Crippen molar-refractivity contribution in [1.29, 1.82) is 0 Å². The van der Waals surface area contributed by atoms with Crippen LogP contribution in [0.25, 0.3) is 0 Å². The fourth-order valence-electron chi connectivity index (χ4n) is 2.49. The Hall–Kier alpha value is -2.60. The molecule has 0 radical (unpaired) electrons. The SMILES string of the molecule is O=C(CSCc1ccccc1)NC(Cn1nccn1)c1ccccc1. The number of nitrogens with one attached hydrogen (secondary N) is 1. The summed E-state index contributed by atoms with van der Waals surface area (Å²) in [7, 11) is 0. The highest BCUT2D eigenvalue weighted by Crippen LogP contribution is 2.16. The molecule has 0 spiro atoms. The molecule has 1 unspecified atom stereocenters. The van der Waals surface area contributed by atoms with Gasteiger partial charge in [0.2, 0.25) is 5.91 Å². The first-order chi connectivity index (χ1) is 12.3. The van der Waals surface area contributed by atoms with Crippen LogP contribution in [-0.4, -0.2) is 26.7 Å². The minimum Gasteiger partial charge on any atom is -0.347 e. The Morgan fingerprint density at radius 2 is 1.64 bits per heavy atom. The number of carbonyl (C=O) groups excluding carboxylic acids is 1. The van der Waals surface area contributed by atoms with Crippen molar-refractivity contribution in [3.63, 3.8) is 0 Å². The number of aromatic nitrogens is 3. The number of amides is 1. The molecule has 1 N–H and O–H groups in total. The molecule has 0 aliphatic rings. The van der Waals surface area contributed by atoms with E-state index in [-0.39, 0.29) is 11.9 Å². The number of hydrogen-bond acceptors (Lipinski definition) is 4. The van der Waals surface area contributed by atoms with Crippen LogP contribution in [0.5, 0.6) is 0 Å². The van der Waals surface area contributed by atoms with E-state index in [2.05, 4.69) is 27.6 Å². The quantitative estimate of drug-likeness (QED) is 0.677. The highest BCUT2D eigenvalue weighted by molar-refractivity contribution is 7.99. The topological polar surface area (TPSA) is 59.8 Å². The normalized spacial score (nSPS) is 11.8. The summed E-state index contributed by atoms with van der Waals surface area (Å²) in [6.07, 6.45) is 3.28. The Bertz CT molecular complexity index is 763. The molecule has 3 rings (SSSR count). The molecule has 1 heterocycles. The lowest BCUT2D eigenvalue weighted by atomic mass is 10.1. The maximum absolute atomic E-state index is 12.4. The van der Waals surface area contributed by atoms with E-state index < -0.39 is 0 Å². The van der Waals surface area contributed by atoms with Crippen molar-refractivity contribution in [3.05, 3.63) is 84.2 Å². The molecular formula is C19H20N4OS. The molecule has 0 bridgehead atoms. The molecule has 1 aromatic heterocycles. The molecule has 6 heteroatoms. The first kappa shape index (κ1) is 17.2. The molecule has 1 atom stereocenters. The highest BCUT2D eigenvalue weighted by atomic mass is 32.2. The van der Waals surface area contributed by atoms with Gasteiger partial charge in [-0.25, -0.2) is 0 Å². The van der Waals surface area contributed by atoms with E-state index in [1.165, 1.54) is 5.56 Å². The third-order valence-corrected chi connectivity index (χ3v) is 4.70. The number of nitrogens with zero attached hydrogens (tertiary/aromatic N) is 3. The third kappa shape index (κ3) is 5.46. The smallest absolute Gasteiger partial charge is 0.230 e. The van der Waals surface area contributed by atoms with Gasteiger partial charge >= 0.3 is 0 Å². The zero-order valence-corrected chi connectivity index (χ0v) is 14.6. The predicted octanol–water partition coefficient (Wildman–Crippen LogP) is 3.07. The lowest BCUT2D eigenvalue weighted by Gasteiger charge is -2.18. The van der Waals surface area contributed by atoms with Crippen LogP contribution in [-0.2, 0) is 17.1 Å². The highest BCUT2D eigenvalue weighted by Gasteiger charge is 2.16. The van der Waals surface area contributed by atoms with E-state index >= 15 is 0 Å². The minimum atomic E-state index is -0.154. The van der Waals surface area contributed by atoms with Crippen molar-refractivity contribution in [2.45, 2.75) is 18.3 Å². The van der Waals surface area contributed by atoms with E-state index in [1.807, 2.05) is 48.5 Å².